The van der Waals surface area contributed by atoms with Gasteiger partial charge in [0.1, 0.15) is 17.2 Å². The second-order valence-electron chi connectivity index (χ2n) is 5.08. The first kappa shape index (κ1) is 15.9. The van der Waals surface area contributed by atoms with Gasteiger partial charge < -0.3 is 25.0 Å². The van der Waals surface area contributed by atoms with Crippen LogP contribution >= 0.6 is 0 Å². The molecule has 0 radical (unpaired) electrons. The molecule has 1 heterocycles. The summed E-state index contributed by atoms with van der Waals surface area (Å²) < 4.78 is 10.6. The first-order chi connectivity index (χ1) is 10.2. The Morgan fingerprint density at radius 1 is 1.24 bits per heavy atom. The molecule has 1 saturated heterocycles. The van der Waals surface area contributed by atoms with E-state index in [0.29, 0.717) is 23.5 Å². The number of aromatic hydroxyl groups is 1. The van der Waals surface area contributed by atoms with Gasteiger partial charge in [-0.05, 0) is 6.42 Å². The van der Waals surface area contributed by atoms with Crippen molar-refractivity contribution in [3.63, 3.8) is 0 Å². The third-order valence-corrected chi connectivity index (χ3v) is 3.88. The van der Waals surface area contributed by atoms with Crippen LogP contribution < -0.4 is 14.8 Å². The lowest BCUT2D eigenvalue weighted by molar-refractivity contribution is 0.136. The van der Waals surface area contributed by atoms with Crippen molar-refractivity contribution in [3.05, 3.63) is 17.7 Å². The average Bonchev–Trinajstić information content (AvgIpc) is 2.53. The maximum atomic E-state index is 10.4. The van der Waals surface area contributed by atoms with Crippen molar-refractivity contribution in [2.24, 2.45) is 0 Å². The SMILES string of the molecule is COc1cc(O)c([C@@H](CCO)N2CCNCC2)c(OC)c1. The Bertz CT molecular complexity index is 461. The number of ether oxygens (including phenoxy) is 2. The summed E-state index contributed by atoms with van der Waals surface area (Å²) in [6.45, 7) is 3.62. The fourth-order valence-corrected chi connectivity index (χ4v) is 2.83. The minimum atomic E-state index is -0.0713. The van der Waals surface area contributed by atoms with Crippen molar-refractivity contribution in [1.29, 1.82) is 0 Å². The lowest BCUT2D eigenvalue weighted by Gasteiger charge is -2.35. The van der Waals surface area contributed by atoms with Gasteiger partial charge in [0.15, 0.2) is 0 Å². The molecule has 0 aliphatic carbocycles. The number of nitrogens with zero attached hydrogens (tertiary/aromatic N) is 1. The number of hydrogen-bond acceptors (Lipinski definition) is 6. The zero-order valence-corrected chi connectivity index (χ0v) is 12.6. The van der Waals surface area contributed by atoms with E-state index in [0.717, 1.165) is 26.2 Å². The highest BCUT2D eigenvalue weighted by atomic mass is 16.5. The van der Waals surface area contributed by atoms with E-state index >= 15 is 0 Å². The Balaban J connectivity index is 2.38. The van der Waals surface area contributed by atoms with Crippen LogP contribution in [0.3, 0.4) is 0 Å². The van der Waals surface area contributed by atoms with Crippen molar-refractivity contribution in [3.8, 4) is 17.2 Å². The summed E-state index contributed by atoms with van der Waals surface area (Å²) >= 11 is 0. The molecule has 1 aliphatic rings. The van der Waals surface area contributed by atoms with Crippen LogP contribution in [-0.4, -0.2) is 62.1 Å². The summed E-state index contributed by atoms with van der Waals surface area (Å²) in [7, 11) is 3.13. The number of aliphatic hydroxyl groups excluding tert-OH is 1. The fraction of sp³-hybridized carbons (Fsp3) is 0.600. The molecule has 1 atom stereocenters. The standard InChI is InChI=1S/C15H24N2O4/c1-20-11-9-13(19)15(14(10-11)21-2)12(3-8-18)17-6-4-16-5-7-17/h9-10,12,16,18-19H,3-8H2,1-2H3/t12-/m1/s1. The summed E-state index contributed by atoms with van der Waals surface area (Å²) in [5, 5.41) is 23.1. The lowest BCUT2D eigenvalue weighted by atomic mass is 9.98. The normalized spacial score (nSPS) is 17.5. The second kappa shape index (κ2) is 7.49. The van der Waals surface area contributed by atoms with Crippen LogP contribution in [0.4, 0.5) is 0 Å². The zero-order chi connectivity index (χ0) is 15.2. The van der Waals surface area contributed by atoms with E-state index in [-0.39, 0.29) is 18.4 Å². The minimum Gasteiger partial charge on any atom is -0.507 e. The minimum absolute atomic E-state index is 0.0587. The van der Waals surface area contributed by atoms with E-state index in [1.807, 2.05) is 0 Å². The van der Waals surface area contributed by atoms with Gasteiger partial charge in [0.2, 0.25) is 0 Å². The monoisotopic (exact) mass is 296 g/mol. The van der Waals surface area contributed by atoms with E-state index in [2.05, 4.69) is 10.2 Å². The average molecular weight is 296 g/mol. The molecule has 6 nitrogen and oxygen atoms in total. The molecule has 118 valence electrons. The lowest BCUT2D eigenvalue weighted by Crippen LogP contribution is -2.45. The number of nitrogens with one attached hydrogen (secondary N) is 1. The second-order valence-corrected chi connectivity index (χ2v) is 5.08. The van der Waals surface area contributed by atoms with E-state index < -0.39 is 0 Å². The maximum Gasteiger partial charge on any atom is 0.131 e. The first-order valence-electron chi connectivity index (χ1n) is 7.21. The molecular weight excluding hydrogens is 272 g/mol. The third kappa shape index (κ3) is 3.58. The highest BCUT2D eigenvalue weighted by Crippen LogP contribution is 2.41. The highest BCUT2D eigenvalue weighted by molar-refractivity contribution is 5.51. The predicted molar refractivity (Wildman–Crippen MR) is 80.1 cm³/mol. The molecule has 0 bridgehead atoms. The molecule has 3 N–H and O–H groups in total. The van der Waals surface area contributed by atoms with Crippen LogP contribution in [0.15, 0.2) is 12.1 Å². The third-order valence-electron chi connectivity index (χ3n) is 3.88. The number of benzene rings is 1. The Hall–Kier alpha value is -1.50. The Morgan fingerprint density at radius 3 is 2.52 bits per heavy atom. The number of aliphatic hydroxyl groups is 1. The van der Waals surface area contributed by atoms with E-state index in [1.54, 1.807) is 26.4 Å². The molecule has 0 saturated carbocycles. The van der Waals surface area contributed by atoms with Gasteiger partial charge >= 0.3 is 0 Å². The zero-order valence-electron chi connectivity index (χ0n) is 12.6. The molecule has 6 heteroatoms. The molecule has 2 rings (SSSR count). The number of hydrogen-bond donors (Lipinski definition) is 3. The largest absolute Gasteiger partial charge is 0.507 e. The molecule has 0 aromatic heterocycles. The van der Waals surface area contributed by atoms with Gasteiger partial charge in [0, 0.05) is 51.0 Å². The predicted octanol–water partition coefficient (Wildman–Crippen LogP) is 0.738. The van der Waals surface area contributed by atoms with Crippen molar-refractivity contribution in [2.45, 2.75) is 12.5 Å². The maximum absolute atomic E-state index is 10.4. The summed E-state index contributed by atoms with van der Waals surface area (Å²) in [5.74, 6) is 1.28. The van der Waals surface area contributed by atoms with Gasteiger partial charge in [0.05, 0.1) is 19.8 Å². The number of phenols is 1. The summed E-state index contributed by atoms with van der Waals surface area (Å²) in [6.07, 6.45) is 0.552. The summed E-state index contributed by atoms with van der Waals surface area (Å²) in [5.41, 5.74) is 0.717. The summed E-state index contributed by atoms with van der Waals surface area (Å²) in [4.78, 5) is 2.26. The van der Waals surface area contributed by atoms with Gasteiger partial charge in [0.25, 0.3) is 0 Å². The molecule has 0 spiro atoms. The molecule has 0 unspecified atom stereocenters. The molecular formula is C15H24N2O4. The number of rotatable bonds is 6. The first-order valence-corrected chi connectivity index (χ1v) is 7.21. The van der Waals surface area contributed by atoms with Gasteiger partial charge in [-0.2, -0.15) is 0 Å². The van der Waals surface area contributed by atoms with E-state index in [9.17, 15) is 10.2 Å². The van der Waals surface area contributed by atoms with Crippen LogP contribution in [0.25, 0.3) is 0 Å². The Labute approximate surface area is 125 Å². The summed E-state index contributed by atoms with van der Waals surface area (Å²) in [6, 6.07) is 3.28. The quantitative estimate of drug-likeness (QED) is 0.719. The van der Waals surface area contributed by atoms with Gasteiger partial charge in [-0.25, -0.2) is 0 Å². The van der Waals surface area contributed by atoms with Crippen LogP contribution in [0.5, 0.6) is 17.2 Å². The van der Waals surface area contributed by atoms with Gasteiger partial charge in [-0.3, -0.25) is 4.90 Å². The molecule has 1 fully saturated rings. The number of phenolic OH excluding ortho intramolecular Hbond substituents is 1. The smallest absolute Gasteiger partial charge is 0.131 e. The van der Waals surface area contributed by atoms with Gasteiger partial charge in [-0.15, -0.1) is 0 Å². The van der Waals surface area contributed by atoms with Crippen molar-refractivity contribution in [1.82, 2.24) is 10.2 Å². The molecule has 21 heavy (non-hydrogen) atoms. The van der Waals surface area contributed by atoms with Crippen LogP contribution in [-0.2, 0) is 0 Å². The van der Waals surface area contributed by atoms with Gasteiger partial charge in [-0.1, -0.05) is 0 Å². The fourth-order valence-electron chi connectivity index (χ4n) is 2.83. The molecule has 1 aromatic carbocycles. The molecule has 0 amide bonds. The number of methoxy groups -OCH3 is 2. The van der Waals surface area contributed by atoms with Crippen molar-refractivity contribution < 1.29 is 19.7 Å². The van der Waals surface area contributed by atoms with Crippen LogP contribution in [0, 0.1) is 0 Å². The van der Waals surface area contributed by atoms with Crippen LogP contribution in [0.2, 0.25) is 0 Å². The number of piperazine rings is 1. The topological polar surface area (TPSA) is 74.2 Å². The Morgan fingerprint density at radius 2 is 1.95 bits per heavy atom. The van der Waals surface area contributed by atoms with Crippen molar-refractivity contribution in [2.75, 3.05) is 47.0 Å². The van der Waals surface area contributed by atoms with Crippen LogP contribution in [0.1, 0.15) is 18.0 Å². The van der Waals surface area contributed by atoms with E-state index in [4.69, 9.17) is 9.47 Å². The Kier molecular flexibility index (Phi) is 5.67. The molecule has 1 aromatic rings. The highest BCUT2D eigenvalue weighted by Gasteiger charge is 2.27. The van der Waals surface area contributed by atoms with E-state index in [1.165, 1.54) is 0 Å². The van der Waals surface area contributed by atoms with Crippen molar-refractivity contribution >= 4 is 0 Å². The molecule has 1 aliphatic heterocycles.